The quantitative estimate of drug-likeness (QED) is 0.866. The van der Waals surface area contributed by atoms with Crippen LogP contribution in [0.5, 0.6) is 0 Å². The third-order valence-corrected chi connectivity index (χ3v) is 3.79. The molecule has 0 fully saturated rings. The lowest BCUT2D eigenvalue weighted by Crippen LogP contribution is -2.33. The molecule has 3 heteroatoms. The number of nitrogens with one attached hydrogen (secondary N) is 1. The van der Waals surface area contributed by atoms with Gasteiger partial charge < -0.3 is 9.88 Å². The molecule has 1 aromatic carbocycles. The van der Waals surface area contributed by atoms with Crippen LogP contribution in [-0.4, -0.2) is 17.2 Å². The van der Waals surface area contributed by atoms with Gasteiger partial charge in [-0.25, -0.2) is 0 Å². The van der Waals surface area contributed by atoms with E-state index in [-0.39, 0.29) is 0 Å². The predicted molar refractivity (Wildman–Crippen MR) is 79.3 cm³/mol. The van der Waals surface area contributed by atoms with Crippen molar-refractivity contribution in [1.82, 2.24) is 9.88 Å². The largest absolute Gasteiger partial charge is 0.346 e. The fraction of sp³-hybridized carbons (Fsp3) is 0.467. The number of rotatable bonds is 5. The van der Waals surface area contributed by atoms with Gasteiger partial charge in [-0.05, 0) is 37.1 Å². The second-order valence-electron chi connectivity index (χ2n) is 5.20. The first-order chi connectivity index (χ1) is 8.58. The highest BCUT2D eigenvalue weighted by Gasteiger charge is 2.06. The van der Waals surface area contributed by atoms with Gasteiger partial charge in [-0.15, -0.1) is 0 Å². The highest BCUT2D eigenvalue weighted by atomic mass is 35.5. The van der Waals surface area contributed by atoms with E-state index in [2.05, 4.69) is 49.0 Å². The zero-order valence-corrected chi connectivity index (χ0v) is 12.0. The van der Waals surface area contributed by atoms with E-state index < -0.39 is 0 Å². The Morgan fingerprint density at radius 3 is 2.72 bits per heavy atom. The molecular formula is C15H21ClN2. The van der Waals surface area contributed by atoms with Gasteiger partial charge in [-0.2, -0.15) is 0 Å². The van der Waals surface area contributed by atoms with E-state index in [0.717, 1.165) is 18.1 Å². The van der Waals surface area contributed by atoms with Crippen molar-refractivity contribution >= 4 is 22.5 Å². The number of hydrogen-bond donors (Lipinski definition) is 1. The Morgan fingerprint density at radius 1 is 1.22 bits per heavy atom. The van der Waals surface area contributed by atoms with Gasteiger partial charge in [0.25, 0.3) is 0 Å². The normalized spacial score (nSPS) is 13.4. The maximum atomic E-state index is 5.99. The first-order valence-corrected chi connectivity index (χ1v) is 6.93. The molecule has 1 heterocycles. The van der Waals surface area contributed by atoms with Crippen LogP contribution >= 0.6 is 11.6 Å². The summed E-state index contributed by atoms with van der Waals surface area (Å²) < 4.78 is 2.27. The van der Waals surface area contributed by atoms with E-state index >= 15 is 0 Å². The van der Waals surface area contributed by atoms with Crippen molar-refractivity contribution in [3.63, 3.8) is 0 Å². The van der Waals surface area contributed by atoms with Gasteiger partial charge in [0, 0.05) is 41.3 Å². The topological polar surface area (TPSA) is 17.0 Å². The van der Waals surface area contributed by atoms with Gasteiger partial charge in [0.15, 0.2) is 0 Å². The molecule has 0 saturated carbocycles. The summed E-state index contributed by atoms with van der Waals surface area (Å²) in [4.78, 5) is 0. The molecule has 0 aliphatic carbocycles. The van der Waals surface area contributed by atoms with Crippen molar-refractivity contribution in [2.75, 3.05) is 6.54 Å². The van der Waals surface area contributed by atoms with Gasteiger partial charge in [0.2, 0.25) is 0 Å². The highest BCUT2D eigenvalue weighted by Crippen LogP contribution is 2.20. The van der Waals surface area contributed by atoms with Gasteiger partial charge >= 0.3 is 0 Å². The average molecular weight is 265 g/mol. The van der Waals surface area contributed by atoms with Crippen molar-refractivity contribution < 1.29 is 0 Å². The maximum Gasteiger partial charge on any atom is 0.0481 e. The van der Waals surface area contributed by atoms with Crippen LogP contribution in [0.25, 0.3) is 10.9 Å². The molecule has 18 heavy (non-hydrogen) atoms. The third kappa shape index (κ3) is 3.06. The minimum atomic E-state index is 0.557. The molecule has 0 amide bonds. The molecule has 98 valence electrons. The zero-order chi connectivity index (χ0) is 13.1. The lowest BCUT2D eigenvalue weighted by atomic mass is 10.1. The van der Waals surface area contributed by atoms with Crippen LogP contribution < -0.4 is 5.32 Å². The van der Waals surface area contributed by atoms with Crippen LogP contribution in [0, 0.1) is 5.92 Å². The zero-order valence-electron chi connectivity index (χ0n) is 11.3. The summed E-state index contributed by atoms with van der Waals surface area (Å²) >= 11 is 5.99. The van der Waals surface area contributed by atoms with Crippen LogP contribution in [-0.2, 0) is 6.54 Å². The summed E-state index contributed by atoms with van der Waals surface area (Å²) in [6.07, 6.45) is 2.13. The SMILES string of the molecule is CC(C)C(C)NCCn1ccc2cc(Cl)ccc21. The molecule has 0 radical (unpaired) electrons. The Kier molecular flexibility index (Phi) is 4.31. The van der Waals surface area contributed by atoms with E-state index in [1.165, 1.54) is 10.9 Å². The molecule has 0 bridgehead atoms. The van der Waals surface area contributed by atoms with Crippen molar-refractivity contribution in [1.29, 1.82) is 0 Å². The van der Waals surface area contributed by atoms with Gasteiger partial charge in [0.05, 0.1) is 0 Å². The number of aromatic nitrogens is 1. The predicted octanol–water partition coefficient (Wildman–Crippen LogP) is 3.93. The molecule has 0 aliphatic rings. The molecule has 1 unspecified atom stereocenters. The Labute approximate surface area is 114 Å². The number of fused-ring (bicyclic) bond motifs is 1. The third-order valence-electron chi connectivity index (χ3n) is 3.55. The summed E-state index contributed by atoms with van der Waals surface area (Å²) in [5, 5.41) is 5.56. The molecule has 0 saturated heterocycles. The van der Waals surface area contributed by atoms with Crippen LogP contribution in [0.4, 0.5) is 0 Å². The lowest BCUT2D eigenvalue weighted by Gasteiger charge is -2.17. The fourth-order valence-corrected chi connectivity index (χ4v) is 2.19. The van der Waals surface area contributed by atoms with Gasteiger partial charge in [-0.1, -0.05) is 25.4 Å². The van der Waals surface area contributed by atoms with E-state index in [1.807, 2.05) is 12.1 Å². The first-order valence-electron chi connectivity index (χ1n) is 6.55. The molecular weight excluding hydrogens is 244 g/mol. The number of nitrogens with zero attached hydrogens (tertiary/aromatic N) is 1. The van der Waals surface area contributed by atoms with Crippen LogP contribution in [0.3, 0.4) is 0 Å². The van der Waals surface area contributed by atoms with E-state index in [0.29, 0.717) is 12.0 Å². The van der Waals surface area contributed by atoms with Gasteiger partial charge in [0.1, 0.15) is 0 Å². The Bertz CT molecular complexity index is 516. The molecule has 1 aromatic heterocycles. The van der Waals surface area contributed by atoms with Gasteiger partial charge in [-0.3, -0.25) is 0 Å². The monoisotopic (exact) mass is 264 g/mol. The molecule has 2 aromatic rings. The molecule has 1 atom stereocenters. The van der Waals surface area contributed by atoms with Crippen LogP contribution in [0.15, 0.2) is 30.5 Å². The summed E-state index contributed by atoms with van der Waals surface area (Å²) in [6, 6.07) is 8.72. The average Bonchev–Trinajstić information content (AvgIpc) is 2.71. The minimum Gasteiger partial charge on any atom is -0.346 e. The molecule has 0 spiro atoms. The van der Waals surface area contributed by atoms with E-state index in [1.54, 1.807) is 0 Å². The fourth-order valence-electron chi connectivity index (χ4n) is 2.01. The Hall–Kier alpha value is -0.990. The maximum absolute atomic E-state index is 5.99. The van der Waals surface area contributed by atoms with E-state index in [4.69, 9.17) is 11.6 Å². The highest BCUT2D eigenvalue weighted by molar-refractivity contribution is 6.31. The lowest BCUT2D eigenvalue weighted by molar-refractivity contribution is 0.418. The summed E-state index contributed by atoms with van der Waals surface area (Å²) in [5.41, 5.74) is 1.25. The smallest absolute Gasteiger partial charge is 0.0481 e. The molecule has 1 N–H and O–H groups in total. The number of benzene rings is 1. The second-order valence-corrected chi connectivity index (χ2v) is 5.64. The Balaban J connectivity index is 2.00. The standard InChI is InChI=1S/C15H21ClN2/c1-11(2)12(3)17-7-9-18-8-6-13-10-14(16)4-5-15(13)18/h4-6,8,10-12,17H,7,9H2,1-3H3. The van der Waals surface area contributed by atoms with Crippen molar-refractivity contribution in [2.45, 2.75) is 33.4 Å². The van der Waals surface area contributed by atoms with Crippen molar-refractivity contribution in [3.8, 4) is 0 Å². The molecule has 0 aliphatic heterocycles. The summed E-state index contributed by atoms with van der Waals surface area (Å²) in [7, 11) is 0. The van der Waals surface area contributed by atoms with Crippen molar-refractivity contribution in [3.05, 3.63) is 35.5 Å². The Morgan fingerprint density at radius 2 is 2.00 bits per heavy atom. The van der Waals surface area contributed by atoms with Crippen molar-refractivity contribution in [2.24, 2.45) is 5.92 Å². The summed E-state index contributed by atoms with van der Waals surface area (Å²) in [5.74, 6) is 0.671. The molecule has 2 nitrogen and oxygen atoms in total. The van der Waals surface area contributed by atoms with E-state index in [9.17, 15) is 0 Å². The minimum absolute atomic E-state index is 0.557. The first kappa shape index (κ1) is 13.4. The summed E-state index contributed by atoms with van der Waals surface area (Å²) in [6.45, 7) is 8.70. The number of halogens is 1. The molecule has 2 rings (SSSR count). The number of hydrogen-bond acceptors (Lipinski definition) is 1. The van der Waals surface area contributed by atoms with Crippen LogP contribution in [0.2, 0.25) is 5.02 Å². The second kappa shape index (κ2) is 5.77. The van der Waals surface area contributed by atoms with Crippen LogP contribution in [0.1, 0.15) is 20.8 Å².